The molecule has 1 aromatic heterocycles. The Kier molecular flexibility index (Phi) is 2.95. The van der Waals surface area contributed by atoms with Crippen molar-refractivity contribution in [3.8, 4) is 0 Å². The third-order valence-corrected chi connectivity index (χ3v) is 6.42. The number of sulfonamides is 1. The lowest BCUT2D eigenvalue weighted by Crippen LogP contribution is -2.30. The van der Waals surface area contributed by atoms with Crippen LogP contribution in [0, 0.1) is 12.3 Å². The van der Waals surface area contributed by atoms with Gasteiger partial charge in [0, 0.05) is 18.8 Å². The normalized spacial score (nSPS) is 20.9. The fourth-order valence-electron chi connectivity index (χ4n) is 2.02. The minimum Gasteiger partial charge on any atom is -0.315 e. The Balaban J connectivity index is 2.39. The molecule has 2 rings (SSSR count). The number of rotatable bonds is 2. The molecule has 1 fully saturated rings. The number of nitrogens with one attached hydrogen (secondary N) is 1. The summed E-state index contributed by atoms with van der Waals surface area (Å²) >= 11 is 0.768. The van der Waals surface area contributed by atoms with E-state index in [0.29, 0.717) is 18.8 Å². The maximum atomic E-state index is 12.3. The lowest BCUT2D eigenvalue weighted by atomic mass is 9.93. The van der Waals surface area contributed by atoms with Gasteiger partial charge in [-0.2, -0.15) is 4.31 Å². The highest BCUT2D eigenvalue weighted by Gasteiger charge is 2.38. The van der Waals surface area contributed by atoms with Crippen LogP contribution in [-0.4, -0.2) is 30.8 Å². The fraction of sp³-hybridized carbons (Fsp3) is 0.700. The fourth-order valence-corrected chi connectivity index (χ4v) is 5.09. The number of H-pyrrole nitrogens is 1. The molecule has 7 heteroatoms. The predicted molar refractivity (Wildman–Crippen MR) is 66.8 cm³/mol. The summed E-state index contributed by atoms with van der Waals surface area (Å²) in [6.45, 7) is 6.76. The Hall–Kier alpha value is -0.660. The van der Waals surface area contributed by atoms with Crippen molar-refractivity contribution in [2.24, 2.45) is 5.41 Å². The second-order valence-electron chi connectivity index (χ2n) is 5.18. The molecule has 1 saturated heterocycles. The Morgan fingerprint density at radius 3 is 2.47 bits per heavy atom. The number of thiazole rings is 1. The van der Waals surface area contributed by atoms with Crippen LogP contribution in [0.1, 0.15) is 26.0 Å². The molecule has 2 heterocycles. The first-order valence-electron chi connectivity index (χ1n) is 5.42. The summed E-state index contributed by atoms with van der Waals surface area (Å²) in [5, 5.41) is 0. The van der Waals surface area contributed by atoms with E-state index < -0.39 is 10.0 Å². The average molecular weight is 276 g/mol. The quantitative estimate of drug-likeness (QED) is 0.881. The predicted octanol–water partition coefficient (Wildman–Crippen LogP) is 1.17. The van der Waals surface area contributed by atoms with E-state index >= 15 is 0 Å². The lowest BCUT2D eigenvalue weighted by Gasteiger charge is -2.19. The van der Waals surface area contributed by atoms with Crippen molar-refractivity contribution in [3.63, 3.8) is 0 Å². The van der Waals surface area contributed by atoms with E-state index in [1.807, 2.05) is 0 Å². The van der Waals surface area contributed by atoms with Gasteiger partial charge in [-0.15, -0.1) is 0 Å². The van der Waals surface area contributed by atoms with Crippen LogP contribution >= 0.6 is 11.3 Å². The van der Waals surface area contributed by atoms with E-state index in [4.69, 9.17) is 0 Å². The molecule has 0 aromatic carbocycles. The van der Waals surface area contributed by atoms with Crippen molar-refractivity contribution in [2.75, 3.05) is 13.1 Å². The van der Waals surface area contributed by atoms with Gasteiger partial charge in [0.25, 0.3) is 10.0 Å². The Labute approximate surface area is 105 Å². The van der Waals surface area contributed by atoms with E-state index in [-0.39, 0.29) is 14.5 Å². The van der Waals surface area contributed by atoms with Crippen molar-refractivity contribution in [1.82, 2.24) is 9.29 Å². The van der Waals surface area contributed by atoms with E-state index in [2.05, 4.69) is 18.8 Å². The molecule has 96 valence electrons. The van der Waals surface area contributed by atoms with Crippen molar-refractivity contribution < 1.29 is 8.42 Å². The molecule has 0 amide bonds. The van der Waals surface area contributed by atoms with Gasteiger partial charge in [-0.3, -0.25) is 4.79 Å². The first-order valence-corrected chi connectivity index (χ1v) is 7.68. The van der Waals surface area contributed by atoms with E-state index in [0.717, 1.165) is 17.8 Å². The van der Waals surface area contributed by atoms with E-state index in [9.17, 15) is 13.2 Å². The van der Waals surface area contributed by atoms with Crippen LogP contribution in [0.2, 0.25) is 0 Å². The summed E-state index contributed by atoms with van der Waals surface area (Å²) in [7, 11) is -3.50. The van der Waals surface area contributed by atoms with Crippen LogP contribution in [0.15, 0.2) is 9.00 Å². The first kappa shape index (κ1) is 12.8. The van der Waals surface area contributed by atoms with Gasteiger partial charge in [0.05, 0.1) is 0 Å². The molecule has 17 heavy (non-hydrogen) atoms. The maximum absolute atomic E-state index is 12.3. The maximum Gasteiger partial charge on any atom is 0.305 e. The summed E-state index contributed by atoms with van der Waals surface area (Å²) in [5.74, 6) is 0. The van der Waals surface area contributed by atoms with Crippen molar-refractivity contribution in [2.45, 2.75) is 31.4 Å². The molecule has 0 spiro atoms. The highest BCUT2D eigenvalue weighted by atomic mass is 32.2. The van der Waals surface area contributed by atoms with Crippen LogP contribution in [-0.2, 0) is 10.0 Å². The molecule has 0 unspecified atom stereocenters. The highest BCUT2D eigenvalue weighted by Crippen LogP contribution is 2.33. The molecular formula is C10H16N2O3S2. The zero-order valence-corrected chi connectivity index (χ0v) is 11.7. The molecular weight excluding hydrogens is 260 g/mol. The van der Waals surface area contributed by atoms with Gasteiger partial charge in [-0.05, 0) is 18.8 Å². The second kappa shape index (κ2) is 3.93. The molecule has 0 radical (unpaired) electrons. The van der Waals surface area contributed by atoms with Gasteiger partial charge in [0.1, 0.15) is 0 Å². The summed E-state index contributed by atoms with van der Waals surface area (Å²) < 4.78 is 26.3. The van der Waals surface area contributed by atoms with Gasteiger partial charge in [0.2, 0.25) is 0 Å². The minimum atomic E-state index is -3.50. The molecule has 0 bridgehead atoms. The third kappa shape index (κ3) is 2.31. The Bertz CT molecular complexity index is 583. The number of hydrogen-bond donors (Lipinski definition) is 1. The van der Waals surface area contributed by atoms with Crippen LogP contribution in [0.25, 0.3) is 0 Å². The smallest absolute Gasteiger partial charge is 0.305 e. The van der Waals surface area contributed by atoms with Crippen molar-refractivity contribution in [1.29, 1.82) is 0 Å². The zero-order chi connectivity index (χ0) is 12.8. The van der Waals surface area contributed by atoms with Gasteiger partial charge in [-0.25, -0.2) is 8.42 Å². The number of aromatic nitrogens is 1. The summed E-state index contributed by atoms with van der Waals surface area (Å²) in [5.41, 5.74) is 0.451. The van der Waals surface area contributed by atoms with Crippen LogP contribution in [0.5, 0.6) is 0 Å². The van der Waals surface area contributed by atoms with Gasteiger partial charge >= 0.3 is 4.87 Å². The molecule has 0 atom stereocenters. The minimum absolute atomic E-state index is 0.0161. The van der Waals surface area contributed by atoms with Crippen LogP contribution in [0.4, 0.5) is 0 Å². The molecule has 1 N–H and O–H groups in total. The number of nitrogens with zero attached hydrogens (tertiary/aromatic N) is 1. The molecule has 1 aliphatic heterocycles. The number of aryl methyl sites for hydroxylation is 1. The lowest BCUT2D eigenvalue weighted by molar-refractivity contribution is 0.376. The second-order valence-corrected chi connectivity index (χ2v) is 8.30. The van der Waals surface area contributed by atoms with Gasteiger partial charge in [-0.1, -0.05) is 25.2 Å². The summed E-state index contributed by atoms with van der Waals surface area (Å²) in [6, 6.07) is 0. The summed E-state index contributed by atoms with van der Waals surface area (Å²) in [4.78, 5) is 13.4. The first-order chi connectivity index (χ1) is 7.72. The van der Waals surface area contributed by atoms with Crippen molar-refractivity contribution >= 4 is 21.4 Å². The molecule has 0 aliphatic carbocycles. The van der Waals surface area contributed by atoms with Crippen molar-refractivity contribution in [3.05, 3.63) is 15.4 Å². The van der Waals surface area contributed by atoms with E-state index in [1.165, 1.54) is 4.31 Å². The monoisotopic (exact) mass is 276 g/mol. The Morgan fingerprint density at radius 1 is 1.41 bits per heavy atom. The number of aromatic amines is 1. The molecule has 0 saturated carbocycles. The third-order valence-electron chi connectivity index (χ3n) is 3.00. The standard InChI is InChI=1S/C10H16N2O3S2/c1-7-8(16-9(13)11-7)17(14,15)12-5-4-10(2,3)6-12/h4-6H2,1-3H3,(H,11,13). The average Bonchev–Trinajstić information content (AvgIpc) is 2.69. The highest BCUT2D eigenvalue weighted by molar-refractivity contribution is 7.91. The SMILES string of the molecule is Cc1[nH]c(=O)sc1S(=O)(=O)N1CCC(C)(C)C1. The van der Waals surface area contributed by atoms with Crippen LogP contribution in [0.3, 0.4) is 0 Å². The largest absolute Gasteiger partial charge is 0.315 e. The Morgan fingerprint density at radius 2 is 2.06 bits per heavy atom. The number of hydrogen-bond acceptors (Lipinski definition) is 4. The van der Waals surface area contributed by atoms with E-state index in [1.54, 1.807) is 6.92 Å². The molecule has 1 aliphatic rings. The van der Waals surface area contributed by atoms with Gasteiger partial charge < -0.3 is 4.98 Å². The topological polar surface area (TPSA) is 70.2 Å². The molecule has 1 aromatic rings. The molecule has 5 nitrogen and oxygen atoms in total. The zero-order valence-electron chi connectivity index (χ0n) is 10.1. The van der Waals surface area contributed by atoms with Crippen LogP contribution < -0.4 is 4.87 Å². The van der Waals surface area contributed by atoms with Gasteiger partial charge in [0.15, 0.2) is 4.21 Å². The summed E-state index contributed by atoms with van der Waals surface area (Å²) in [6.07, 6.45) is 0.852.